The summed E-state index contributed by atoms with van der Waals surface area (Å²) in [4.78, 5) is 37.5. The Balaban J connectivity index is 1.03. The molecule has 2 fully saturated rings. The number of nitrogens with one attached hydrogen (secondary N) is 3. The van der Waals surface area contributed by atoms with E-state index >= 15 is 0 Å². The van der Waals surface area contributed by atoms with Gasteiger partial charge >= 0.3 is 0 Å². The Bertz CT molecular complexity index is 1820. The highest BCUT2D eigenvalue weighted by Crippen LogP contribution is 2.34. The number of hydrogen-bond donors (Lipinski definition) is 4. The Morgan fingerprint density at radius 3 is 2.53 bits per heavy atom. The summed E-state index contributed by atoms with van der Waals surface area (Å²) in [5, 5.41) is 9.26. The molecule has 12 nitrogen and oxygen atoms in total. The third-order valence-electron chi connectivity index (χ3n) is 8.88. The number of piperazine rings is 1. The molecule has 0 saturated carbocycles. The lowest BCUT2D eigenvalue weighted by atomic mass is 9.90. The van der Waals surface area contributed by atoms with Gasteiger partial charge in [0.1, 0.15) is 22.6 Å². The fraction of sp³-hybridized carbons (Fsp3) is 0.314. The third-order valence-corrected chi connectivity index (χ3v) is 9.62. The fourth-order valence-electron chi connectivity index (χ4n) is 6.09. The number of piperidine rings is 1. The molecule has 3 N–H and O–H groups in total. The number of imide groups is 1. The van der Waals surface area contributed by atoms with Crippen molar-refractivity contribution in [2.24, 2.45) is 0 Å². The number of ether oxygens (including phenoxy) is 1. The first-order valence-corrected chi connectivity index (χ1v) is 17.3. The molecule has 2 amide bonds. The fourth-order valence-corrected chi connectivity index (χ4v) is 6.49. The van der Waals surface area contributed by atoms with E-state index in [4.69, 9.17) is 16.3 Å². The van der Waals surface area contributed by atoms with Crippen LogP contribution >= 0.6 is 11.6 Å². The lowest BCUT2D eigenvalue weighted by molar-refractivity contribution is -0.134. The highest BCUT2D eigenvalue weighted by molar-refractivity contribution is 7.67. The highest BCUT2D eigenvalue weighted by atomic mass is 35.5. The number of hydrogen-bond acceptors (Lipinski definition) is 10. The molecule has 0 bridgehead atoms. The molecule has 14 heteroatoms. The molecule has 2 saturated heterocycles. The number of methoxy groups -OCH3 is 1. The predicted octanol–water partition coefficient (Wildman–Crippen LogP) is 4.81. The highest BCUT2D eigenvalue weighted by Gasteiger charge is 2.28. The summed E-state index contributed by atoms with van der Waals surface area (Å²) in [5.41, 5.74) is 5.40. The molecule has 256 valence electrons. The molecular weight excluding hydrogens is 664 g/mol. The van der Waals surface area contributed by atoms with Crippen LogP contribution in [0.25, 0.3) is 0 Å². The normalized spacial score (nSPS) is 16.6. The van der Waals surface area contributed by atoms with Gasteiger partial charge in [-0.3, -0.25) is 24.1 Å². The quantitative estimate of drug-likeness (QED) is 0.121. The van der Waals surface area contributed by atoms with Gasteiger partial charge in [0, 0.05) is 57.9 Å². The first kappa shape index (κ1) is 34.2. The smallest absolute Gasteiger partial charge is 0.234 e. The van der Waals surface area contributed by atoms with E-state index in [2.05, 4.69) is 53.9 Å². The predicted molar refractivity (Wildman–Crippen MR) is 195 cm³/mol. The minimum absolute atomic E-state index is 0.138. The largest absolute Gasteiger partial charge is 0.494 e. The van der Waals surface area contributed by atoms with E-state index in [9.17, 15) is 13.8 Å². The summed E-state index contributed by atoms with van der Waals surface area (Å²) in [6, 6.07) is 21.7. The number of carbonyl (C=O) groups is 2. The molecule has 4 aromatic rings. The molecule has 6 rings (SSSR count). The second-order valence-electron chi connectivity index (χ2n) is 12.0. The molecule has 3 heterocycles. The van der Waals surface area contributed by atoms with Gasteiger partial charge in [0.25, 0.3) is 0 Å². The Morgan fingerprint density at radius 1 is 1.02 bits per heavy atom. The number of anilines is 6. The molecule has 1 atom stereocenters. The minimum atomic E-state index is -0.253. The van der Waals surface area contributed by atoms with Crippen LogP contribution in [-0.4, -0.2) is 77.8 Å². The topological polar surface area (TPSA) is 132 Å². The van der Waals surface area contributed by atoms with Crippen LogP contribution < -0.4 is 29.9 Å². The number of carbonyl (C=O) groups excluding carboxylic acids is 2. The molecule has 0 radical (unpaired) electrons. The molecule has 49 heavy (non-hydrogen) atoms. The Hall–Kier alpha value is -4.72. The van der Waals surface area contributed by atoms with Crippen LogP contribution in [0.1, 0.15) is 29.9 Å². The van der Waals surface area contributed by atoms with Crippen molar-refractivity contribution in [3.05, 3.63) is 89.1 Å². The van der Waals surface area contributed by atoms with Gasteiger partial charge in [0.05, 0.1) is 36.3 Å². The second-order valence-corrected chi connectivity index (χ2v) is 13.1. The van der Waals surface area contributed by atoms with Crippen LogP contribution in [0.4, 0.5) is 34.5 Å². The van der Waals surface area contributed by atoms with Gasteiger partial charge in [-0.15, -0.1) is 0 Å². The molecule has 0 spiro atoms. The van der Waals surface area contributed by atoms with Crippen molar-refractivity contribution in [3.63, 3.8) is 0 Å². The zero-order chi connectivity index (χ0) is 34.3. The van der Waals surface area contributed by atoms with Crippen molar-refractivity contribution in [3.8, 4) is 5.75 Å². The van der Waals surface area contributed by atoms with Crippen molar-refractivity contribution in [2.75, 3.05) is 66.7 Å². The summed E-state index contributed by atoms with van der Waals surface area (Å²) in [7, 11) is 3.35. The van der Waals surface area contributed by atoms with Crippen LogP contribution in [0.5, 0.6) is 5.75 Å². The summed E-state index contributed by atoms with van der Waals surface area (Å²) < 4.78 is 18.8. The molecule has 3 aromatic carbocycles. The number of aromatic nitrogens is 2. The van der Waals surface area contributed by atoms with Crippen LogP contribution in [0.15, 0.2) is 72.9 Å². The lowest BCUT2D eigenvalue weighted by Crippen LogP contribution is -2.47. The summed E-state index contributed by atoms with van der Waals surface area (Å²) in [6.07, 6.45) is 3.40. The standard InChI is InChI=1S/C35H39ClN8O4S/c1-42(49-47)30-6-4-3-5-28(30)38-33-27(36)22-37-35(41-33)39-29-13-11-25(21-31(29)48-2)44-19-17-43(18-20-44)16-15-23-7-9-24(10-8-23)26-12-14-32(45)40-34(26)46/h3-11,13,21-22,26,49H,12,14-20H2,1-2H3,(H,40,45,46)(H2,37,38,39,41). The lowest BCUT2D eigenvalue weighted by Gasteiger charge is -2.36. The summed E-state index contributed by atoms with van der Waals surface area (Å²) in [5.74, 6) is 0.758. The zero-order valence-electron chi connectivity index (χ0n) is 27.4. The van der Waals surface area contributed by atoms with Crippen molar-refractivity contribution >= 4 is 69.8 Å². The van der Waals surface area contributed by atoms with E-state index in [1.54, 1.807) is 18.5 Å². The average Bonchev–Trinajstić information content (AvgIpc) is 3.13. The van der Waals surface area contributed by atoms with E-state index in [0.717, 1.165) is 56.1 Å². The molecule has 2 aliphatic heterocycles. The maximum Gasteiger partial charge on any atom is 0.234 e. The van der Waals surface area contributed by atoms with Gasteiger partial charge in [0.15, 0.2) is 5.82 Å². The van der Waals surface area contributed by atoms with Gasteiger partial charge < -0.3 is 20.3 Å². The number of benzene rings is 3. The summed E-state index contributed by atoms with van der Waals surface area (Å²) in [6.45, 7) is 4.62. The van der Waals surface area contributed by atoms with Gasteiger partial charge in [-0.25, -0.2) is 9.19 Å². The van der Waals surface area contributed by atoms with E-state index in [-0.39, 0.29) is 29.6 Å². The van der Waals surface area contributed by atoms with Crippen LogP contribution in [-0.2, 0) is 27.9 Å². The Kier molecular flexibility index (Phi) is 10.9. The van der Waals surface area contributed by atoms with Crippen molar-refractivity contribution in [2.45, 2.75) is 25.2 Å². The number of halogens is 1. The second kappa shape index (κ2) is 15.7. The summed E-state index contributed by atoms with van der Waals surface area (Å²) >= 11 is 6.30. The maximum atomic E-state index is 12.2. The SMILES string of the molecule is COc1cc(N2CCN(CCc3ccc(C4CCC(=O)NC4=O)cc3)CC2)ccc1Nc1ncc(Cl)c(Nc2ccccc2N(C)[SH]=O)n1. The van der Waals surface area contributed by atoms with E-state index < -0.39 is 0 Å². The Morgan fingerprint density at radius 2 is 1.80 bits per heavy atom. The third kappa shape index (κ3) is 8.30. The average molecular weight is 703 g/mol. The maximum absolute atomic E-state index is 12.2. The van der Waals surface area contributed by atoms with Gasteiger partial charge in [0.2, 0.25) is 17.8 Å². The first-order chi connectivity index (χ1) is 23.8. The number of para-hydroxylation sites is 2. The number of amides is 2. The number of thiol groups is 1. The van der Waals surface area contributed by atoms with Crippen molar-refractivity contribution in [1.82, 2.24) is 20.2 Å². The van der Waals surface area contributed by atoms with Crippen LogP contribution in [0.3, 0.4) is 0 Å². The molecule has 2 aliphatic rings. The minimum Gasteiger partial charge on any atom is -0.494 e. The number of rotatable bonds is 12. The van der Waals surface area contributed by atoms with Gasteiger partial charge in [-0.05, 0) is 48.2 Å². The van der Waals surface area contributed by atoms with E-state index in [0.29, 0.717) is 46.8 Å². The van der Waals surface area contributed by atoms with Crippen molar-refractivity contribution < 1.29 is 18.5 Å². The van der Waals surface area contributed by atoms with E-state index in [1.807, 2.05) is 48.5 Å². The van der Waals surface area contributed by atoms with Crippen molar-refractivity contribution in [1.29, 1.82) is 0 Å². The zero-order valence-corrected chi connectivity index (χ0v) is 29.0. The molecular formula is C35H39ClN8O4S. The first-order valence-electron chi connectivity index (χ1n) is 16.1. The molecule has 1 unspecified atom stereocenters. The Labute approximate surface area is 294 Å². The number of nitrogens with zero attached hydrogens (tertiary/aromatic N) is 5. The van der Waals surface area contributed by atoms with Gasteiger partial charge in [-0.1, -0.05) is 48.0 Å². The van der Waals surface area contributed by atoms with E-state index in [1.165, 1.54) is 11.8 Å². The monoisotopic (exact) mass is 702 g/mol. The van der Waals surface area contributed by atoms with Crippen LogP contribution in [0, 0.1) is 0 Å². The van der Waals surface area contributed by atoms with Gasteiger partial charge in [-0.2, -0.15) is 4.98 Å². The molecule has 1 aromatic heterocycles. The van der Waals surface area contributed by atoms with Crippen LogP contribution in [0.2, 0.25) is 5.02 Å². The molecule has 0 aliphatic carbocycles.